The molecule has 0 aliphatic heterocycles. The van der Waals surface area contributed by atoms with Gasteiger partial charge >= 0.3 is 0 Å². The lowest BCUT2D eigenvalue weighted by atomic mass is 9.92. The first-order chi connectivity index (χ1) is 7.97. The van der Waals surface area contributed by atoms with Crippen LogP contribution in [-0.2, 0) is 12.0 Å². The Balaban J connectivity index is 2.21. The van der Waals surface area contributed by atoms with Crippen LogP contribution in [0.2, 0.25) is 0 Å². The van der Waals surface area contributed by atoms with Crippen molar-refractivity contribution < 1.29 is 9.50 Å². The third kappa shape index (κ3) is 3.15. The van der Waals surface area contributed by atoms with E-state index in [4.69, 9.17) is 0 Å². The van der Waals surface area contributed by atoms with Crippen LogP contribution in [0.3, 0.4) is 0 Å². The van der Waals surface area contributed by atoms with E-state index in [-0.39, 0.29) is 5.82 Å². The summed E-state index contributed by atoms with van der Waals surface area (Å²) in [4.78, 5) is 1.09. The first-order valence-electron chi connectivity index (χ1n) is 5.19. The van der Waals surface area contributed by atoms with Gasteiger partial charge in [0.2, 0.25) is 0 Å². The summed E-state index contributed by atoms with van der Waals surface area (Å²) in [6.07, 6.45) is 0.523. The van der Waals surface area contributed by atoms with E-state index in [0.29, 0.717) is 6.42 Å². The van der Waals surface area contributed by atoms with Crippen LogP contribution in [0, 0.1) is 5.82 Å². The minimum Gasteiger partial charge on any atom is -0.385 e. The van der Waals surface area contributed by atoms with Gasteiger partial charge in [0.1, 0.15) is 5.82 Å². The van der Waals surface area contributed by atoms with E-state index in [1.165, 1.54) is 12.1 Å². The van der Waals surface area contributed by atoms with E-state index in [1.807, 2.05) is 11.4 Å². The number of benzene rings is 1. The molecule has 1 unspecified atom stereocenters. The molecule has 2 aromatic rings. The Bertz CT molecular complexity index is 504. The zero-order valence-electron chi connectivity index (χ0n) is 9.28. The number of hydrogen-bond acceptors (Lipinski definition) is 2. The van der Waals surface area contributed by atoms with Gasteiger partial charge in [-0.3, -0.25) is 0 Å². The third-order valence-corrected chi connectivity index (χ3v) is 4.30. The Kier molecular flexibility index (Phi) is 3.66. The van der Waals surface area contributed by atoms with Crippen LogP contribution in [0.25, 0.3) is 0 Å². The molecule has 1 nitrogen and oxygen atoms in total. The summed E-state index contributed by atoms with van der Waals surface area (Å²) in [5, 5.41) is 12.4. The van der Waals surface area contributed by atoms with Gasteiger partial charge < -0.3 is 5.11 Å². The van der Waals surface area contributed by atoms with Crippen molar-refractivity contribution in [2.45, 2.75) is 18.9 Å². The fraction of sp³-hybridized carbons (Fsp3) is 0.231. The molecule has 1 atom stereocenters. The first kappa shape index (κ1) is 12.7. The minimum atomic E-state index is -0.974. The highest BCUT2D eigenvalue weighted by molar-refractivity contribution is 9.10. The summed E-state index contributed by atoms with van der Waals surface area (Å²) in [5.74, 6) is -0.289. The number of aliphatic hydroxyl groups is 1. The van der Waals surface area contributed by atoms with Crippen LogP contribution >= 0.6 is 27.3 Å². The van der Waals surface area contributed by atoms with Crippen LogP contribution < -0.4 is 0 Å². The van der Waals surface area contributed by atoms with Crippen LogP contribution in [0.5, 0.6) is 0 Å². The Labute approximate surface area is 112 Å². The summed E-state index contributed by atoms with van der Waals surface area (Å²) in [7, 11) is 0. The molecule has 1 N–H and O–H groups in total. The van der Waals surface area contributed by atoms with Crippen molar-refractivity contribution in [3.8, 4) is 0 Å². The maximum Gasteiger partial charge on any atom is 0.123 e. The minimum absolute atomic E-state index is 0.289. The molecule has 1 aromatic carbocycles. The van der Waals surface area contributed by atoms with Crippen LogP contribution in [-0.4, -0.2) is 5.11 Å². The Morgan fingerprint density at radius 3 is 2.53 bits per heavy atom. The Hall–Kier alpha value is -0.710. The highest BCUT2D eigenvalue weighted by Crippen LogP contribution is 2.29. The molecule has 0 aliphatic carbocycles. The molecule has 0 spiro atoms. The molecule has 0 aliphatic rings. The summed E-state index contributed by atoms with van der Waals surface area (Å²) >= 11 is 4.98. The second-order valence-electron chi connectivity index (χ2n) is 4.19. The van der Waals surface area contributed by atoms with E-state index >= 15 is 0 Å². The van der Waals surface area contributed by atoms with E-state index in [1.54, 1.807) is 30.4 Å². The number of hydrogen-bond donors (Lipinski definition) is 1. The largest absolute Gasteiger partial charge is 0.385 e. The summed E-state index contributed by atoms with van der Waals surface area (Å²) in [5.41, 5.74) is -0.249. The quantitative estimate of drug-likeness (QED) is 0.904. The van der Waals surface area contributed by atoms with Gasteiger partial charge in [-0.25, -0.2) is 4.39 Å². The molecule has 0 amide bonds. The van der Waals surface area contributed by atoms with Crippen molar-refractivity contribution in [3.05, 3.63) is 56.4 Å². The Morgan fingerprint density at radius 1 is 1.35 bits per heavy atom. The van der Waals surface area contributed by atoms with Crippen LogP contribution in [0.1, 0.15) is 17.4 Å². The van der Waals surface area contributed by atoms with E-state index in [9.17, 15) is 9.50 Å². The predicted octanol–water partition coefficient (Wildman–Crippen LogP) is 4.10. The fourth-order valence-corrected chi connectivity index (χ4v) is 3.30. The number of halogens is 2. The molecule has 0 radical (unpaired) electrons. The lowest BCUT2D eigenvalue weighted by Gasteiger charge is -2.23. The average molecular weight is 315 g/mol. The van der Waals surface area contributed by atoms with Gasteiger partial charge in [-0.1, -0.05) is 12.1 Å². The van der Waals surface area contributed by atoms with E-state index in [2.05, 4.69) is 15.9 Å². The van der Waals surface area contributed by atoms with E-state index < -0.39 is 5.60 Å². The van der Waals surface area contributed by atoms with Crippen molar-refractivity contribution in [1.82, 2.24) is 0 Å². The normalized spacial score (nSPS) is 14.6. The lowest BCUT2D eigenvalue weighted by Crippen LogP contribution is -2.23. The van der Waals surface area contributed by atoms with Gasteiger partial charge in [-0.2, -0.15) is 0 Å². The van der Waals surface area contributed by atoms with Crippen molar-refractivity contribution in [2.24, 2.45) is 0 Å². The summed E-state index contributed by atoms with van der Waals surface area (Å²) in [6.45, 7) is 1.74. The molecule has 1 heterocycles. The maximum absolute atomic E-state index is 12.8. The van der Waals surface area contributed by atoms with Crippen molar-refractivity contribution in [1.29, 1.82) is 0 Å². The standard InChI is InChI=1S/C13H12BrFOS/c1-13(16,7-12-6-10(14)8-17-12)9-2-4-11(15)5-3-9/h2-6,8,16H,7H2,1H3. The van der Waals surface area contributed by atoms with Crippen LogP contribution in [0.4, 0.5) is 4.39 Å². The first-order valence-corrected chi connectivity index (χ1v) is 6.86. The molecule has 1 aromatic heterocycles. The monoisotopic (exact) mass is 314 g/mol. The predicted molar refractivity (Wildman–Crippen MR) is 71.7 cm³/mol. The molecule has 0 fully saturated rings. The lowest BCUT2D eigenvalue weighted by molar-refractivity contribution is 0.0584. The molecule has 0 saturated heterocycles. The van der Waals surface area contributed by atoms with Gasteiger partial charge in [0.15, 0.2) is 0 Å². The van der Waals surface area contributed by atoms with E-state index in [0.717, 1.165) is 14.9 Å². The topological polar surface area (TPSA) is 20.2 Å². The third-order valence-electron chi connectivity index (χ3n) is 2.61. The van der Waals surface area contributed by atoms with Gasteiger partial charge in [-0.15, -0.1) is 11.3 Å². The number of thiophene rings is 1. The van der Waals surface area contributed by atoms with Gasteiger partial charge in [0, 0.05) is 21.2 Å². The Morgan fingerprint density at radius 2 is 2.00 bits per heavy atom. The smallest absolute Gasteiger partial charge is 0.123 e. The second-order valence-corrected chi connectivity index (χ2v) is 6.10. The molecule has 0 bridgehead atoms. The fourth-order valence-electron chi connectivity index (χ4n) is 1.70. The second kappa shape index (κ2) is 4.88. The molecule has 2 rings (SSSR count). The summed E-state index contributed by atoms with van der Waals surface area (Å²) < 4.78 is 13.8. The zero-order chi connectivity index (χ0) is 12.5. The van der Waals surface area contributed by atoms with Gasteiger partial charge in [-0.05, 0) is 46.6 Å². The molecule has 17 heavy (non-hydrogen) atoms. The van der Waals surface area contributed by atoms with Gasteiger partial charge in [0.05, 0.1) is 5.60 Å². The highest BCUT2D eigenvalue weighted by Gasteiger charge is 2.24. The maximum atomic E-state index is 12.8. The summed E-state index contributed by atoms with van der Waals surface area (Å²) in [6, 6.07) is 7.97. The SMILES string of the molecule is CC(O)(Cc1cc(Br)cs1)c1ccc(F)cc1. The van der Waals surface area contributed by atoms with Gasteiger partial charge in [0.25, 0.3) is 0 Å². The highest BCUT2D eigenvalue weighted by atomic mass is 79.9. The molecule has 90 valence electrons. The molecule has 4 heteroatoms. The van der Waals surface area contributed by atoms with Crippen molar-refractivity contribution in [3.63, 3.8) is 0 Å². The van der Waals surface area contributed by atoms with Crippen molar-refractivity contribution >= 4 is 27.3 Å². The van der Waals surface area contributed by atoms with Crippen molar-refractivity contribution in [2.75, 3.05) is 0 Å². The van der Waals surface area contributed by atoms with Crippen LogP contribution in [0.15, 0.2) is 40.2 Å². The average Bonchev–Trinajstić information content (AvgIpc) is 2.63. The molecular weight excluding hydrogens is 303 g/mol. The molecule has 0 saturated carbocycles. The number of rotatable bonds is 3. The molecular formula is C13H12BrFOS. The zero-order valence-corrected chi connectivity index (χ0v) is 11.7.